The normalized spacial score (nSPS) is 11.2. The van der Waals surface area contributed by atoms with Crippen LogP contribution in [0.3, 0.4) is 0 Å². The highest BCUT2D eigenvalue weighted by molar-refractivity contribution is 7.99. The Balaban J connectivity index is 1.26. The summed E-state index contributed by atoms with van der Waals surface area (Å²) in [5, 5.41) is 9.65. The van der Waals surface area contributed by atoms with Crippen LogP contribution in [0.1, 0.15) is 34.8 Å². The van der Waals surface area contributed by atoms with E-state index in [0.29, 0.717) is 11.3 Å². The van der Waals surface area contributed by atoms with Crippen LogP contribution in [-0.2, 0) is 12.8 Å². The number of para-hydroxylation sites is 3. The molecule has 0 fully saturated rings. The Kier molecular flexibility index (Phi) is 6.81. The third-order valence-electron chi connectivity index (χ3n) is 5.65. The molecule has 0 radical (unpaired) electrons. The molecule has 6 nitrogen and oxygen atoms in total. The van der Waals surface area contributed by atoms with E-state index in [-0.39, 0.29) is 5.78 Å². The van der Waals surface area contributed by atoms with Gasteiger partial charge in [0.25, 0.3) is 0 Å². The number of carbonyl (C=O) groups excluding carboxylic acids is 1. The number of fused-ring (bicyclic) bond motifs is 1. The van der Waals surface area contributed by atoms with Crippen LogP contribution in [0.5, 0.6) is 0 Å². The van der Waals surface area contributed by atoms with Crippen molar-refractivity contribution in [2.24, 2.45) is 0 Å². The minimum atomic E-state index is 0.0839. The maximum Gasteiger partial charge on any atom is 0.196 e. The Morgan fingerprint density at radius 2 is 1.53 bits per heavy atom. The molecule has 34 heavy (non-hydrogen) atoms. The molecule has 0 aliphatic carbocycles. The number of hydrogen-bond acceptors (Lipinski definition) is 5. The SMILES string of the molecule is O=C(CSc1nnc(CCCCc2nc3ccccc3[nH]2)n1-c1ccccc1)c1ccccc1. The lowest BCUT2D eigenvalue weighted by atomic mass is 10.2. The van der Waals surface area contributed by atoms with Gasteiger partial charge in [-0.3, -0.25) is 9.36 Å². The van der Waals surface area contributed by atoms with Crippen LogP contribution >= 0.6 is 11.8 Å². The van der Waals surface area contributed by atoms with Crippen molar-refractivity contribution in [1.82, 2.24) is 24.7 Å². The number of thioether (sulfide) groups is 1. The number of unbranched alkanes of at least 4 members (excludes halogenated alkanes) is 1. The summed E-state index contributed by atoms with van der Waals surface area (Å²) in [5.41, 5.74) is 3.81. The highest BCUT2D eigenvalue weighted by Crippen LogP contribution is 2.24. The van der Waals surface area contributed by atoms with Crippen molar-refractivity contribution in [1.29, 1.82) is 0 Å². The van der Waals surface area contributed by atoms with Gasteiger partial charge in [-0.25, -0.2) is 4.98 Å². The van der Waals surface area contributed by atoms with Crippen LogP contribution < -0.4 is 0 Å². The van der Waals surface area contributed by atoms with Crippen LogP contribution in [0.2, 0.25) is 0 Å². The lowest BCUT2D eigenvalue weighted by molar-refractivity contribution is 0.102. The van der Waals surface area contributed by atoms with Crippen molar-refractivity contribution >= 4 is 28.6 Å². The summed E-state index contributed by atoms with van der Waals surface area (Å²) < 4.78 is 2.07. The number of rotatable bonds is 10. The van der Waals surface area contributed by atoms with Gasteiger partial charge in [-0.1, -0.05) is 72.4 Å². The van der Waals surface area contributed by atoms with Crippen LogP contribution in [0, 0.1) is 0 Å². The number of carbonyl (C=O) groups is 1. The van der Waals surface area contributed by atoms with Crippen molar-refractivity contribution in [3.8, 4) is 5.69 Å². The Morgan fingerprint density at radius 1 is 0.824 bits per heavy atom. The summed E-state index contributed by atoms with van der Waals surface area (Å²) in [5.74, 6) is 2.33. The average molecular weight is 468 g/mol. The van der Waals surface area contributed by atoms with Crippen molar-refractivity contribution in [2.75, 3.05) is 5.75 Å². The number of H-pyrrole nitrogens is 1. The summed E-state index contributed by atoms with van der Waals surface area (Å²) >= 11 is 1.43. The molecule has 0 aliphatic heterocycles. The van der Waals surface area contributed by atoms with Gasteiger partial charge in [-0.2, -0.15) is 0 Å². The van der Waals surface area contributed by atoms with E-state index in [1.807, 2.05) is 78.9 Å². The molecule has 0 unspecified atom stereocenters. The molecular formula is C27H25N5OS. The van der Waals surface area contributed by atoms with E-state index >= 15 is 0 Å². The molecule has 0 aliphatic rings. The number of nitrogens with one attached hydrogen (secondary N) is 1. The quantitative estimate of drug-likeness (QED) is 0.162. The first kappa shape index (κ1) is 22.1. The number of aromatic amines is 1. The van der Waals surface area contributed by atoms with Gasteiger partial charge in [0.1, 0.15) is 11.6 Å². The summed E-state index contributed by atoms with van der Waals surface area (Å²) in [7, 11) is 0. The minimum Gasteiger partial charge on any atom is -0.342 e. The molecule has 7 heteroatoms. The van der Waals surface area contributed by atoms with Gasteiger partial charge in [0.2, 0.25) is 0 Å². The van der Waals surface area contributed by atoms with Gasteiger partial charge in [0.15, 0.2) is 10.9 Å². The molecule has 2 aromatic heterocycles. The van der Waals surface area contributed by atoms with Crippen LogP contribution in [-0.4, -0.2) is 36.3 Å². The fourth-order valence-corrected chi connectivity index (χ4v) is 4.79. The van der Waals surface area contributed by atoms with E-state index in [1.54, 1.807) is 0 Å². The molecule has 3 aromatic carbocycles. The highest BCUT2D eigenvalue weighted by atomic mass is 32.2. The van der Waals surface area contributed by atoms with Crippen LogP contribution in [0.4, 0.5) is 0 Å². The number of benzene rings is 3. The molecule has 0 spiro atoms. The average Bonchev–Trinajstić information content (AvgIpc) is 3.49. The summed E-state index contributed by atoms with van der Waals surface area (Å²) in [4.78, 5) is 20.7. The first-order valence-electron chi connectivity index (χ1n) is 11.4. The van der Waals surface area contributed by atoms with Crippen LogP contribution in [0.25, 0.3) is 16.7 Å². The summed E-state index contributed by atoms with van der Waals surface area (Å²) in [6.45, 7) is 0. The third kappa shape index (κ3) is 5.10. The second-order valence-electron chi connectivity index (χ2n) is 8.06. The summed E-state index contributed by atoms with van der Waals surface area (Å²) in [6, 6.07) is 27.6. The number of Topliss-reactive ketones (excluding diaryl/α,β-unsaturated/α-hetero) is 1. The molecule has 5 rings (SSSR count). The Hall–Kier alpha value is -3.71. The molecule has 5 aromatic rings. The third-order valence-corrected chi connectivity index (χ3v) is 6.57. The van der Waals surface area contributed by atoms with Crippen molar-refractivity contribution in [3.05, 3.63) is 102 Å². The predicted molar refractivity (Wildman–Crippen MR) is 136 cm³/mol. The molecular weight excluding hydrogens is 442 g/mol. The fourth-order valence-electron chi connectivity index (χ4n) is 3.93. The van der Waals surface area contributed by atoms with Gasteiger partial charge in [-0.15, -0.1) is 10.2 Å². The van der Waals surface area contributed by atoms with Gasteiger partial charge >= 0.3 is 0 Å². The monoisotopic (exact) mass is 467 g/mol. The maximum atomic E-state index is 12.6. The van der Waals surface area contributed by atoms with Crippen molar-refractivity contribution < 1.29 is 4.79 Å². The van der Waals surface area contributed by atoms with E-state index in [9.17, 15) is 4.79 Å². The van der Waals surface area contributed by atoms with Gasteiger partial charge in [0, 0.05) is 24.1 Å². The van der Waals surface area contributed by atoms with E-state index < -0.39 is 0 Å². The topological polar surface area (TPSA) is 76.5 Å². The second-order valence-corrected chi connectivity index (χ2v) is 9.00. The first-order valence-corrected chi connectivity index (χ1v) is 12.4. The highest BCUT2D eigenvalue weighted by Gasteiger charge is 2.16. The molecule has 0 bridgehead atoms. The minimum absolute atomic E-state index is 0.0839. The zero-order valence-corrected chi connectivity index (χ0v) is 19.5. The van der Waals surface area contributed by atoms with E-state index in [2.05, 4.69) is 30.8 Å². The number of imidazole rings is 1. The zero-order valence-electron chi connectivity index (χ0n) is 18.7. The van der Waals surface area contributed by atoms with E-state index in [4.69, 9.17) is 0 Å². The molecule has 0 saturated heterocycles. The Labute approximate surface area is 202 Å². The molecule has 0 amide bonds. The Bertz CT molecular complexity index is 1350. The van der Waals surface area contributed by atoms with E-state index in [0.717, 1.165) is 59.2 Å². The number of ketones is 1. The predicted octanol–water partition coefficient (Wildman–Crippen LogP) is 5.68. The number of hydrogen-bond donors (Lipinski definition) is 1. The van der Waals surface area contributed by atoms with Crippen LogP contribution in [0.15, 0.2) is 90.1 Å². The lowest BCUT2D eigenvalue weighted by Crippen LogP contribution is -2.06. The molecule has 0 saturated carbocycles. The number of nitrogens with zero attached hydrogens (tertiary/aromatic N) is 4. The van der Waals surface area contributed by atoms with E-state index in [1.165, 1.54) is 11.8 Å². The number of aryl methyl sites for hydroxylation is 2. The molecule has 170 valence electrons. The molecule has 2 heterocycles. The molecule has 1 N–H and O–H groups in total. The maximum absolute atomic E-state index is 12.6. The smallest absolute Gasteiger partial charge is 0.196 e. The standard InChI is InChI=1S/C27H25N5OS/c33-24(20-11-3-1-4-12-20)19-34-27-31-30-26(32(27)21-13-5-2-6-14-21)18-10-9-17-25-28-22-15-7-8-16-23(22)29-25/h1-8,11-16H,9-10,17-19H2,(H,28,29). The molecule has 0 atom stereocenters. The van der Waals surface area contributed by atoms with Crippen molar-refractivity contribution in [2.45, 2.75) is 30.8 Å². The fraction of sp³-hybridized carbons (Fsp3) is 0.185. The summed E-state index contributed by atoms with van der Waals surface area (Å²) in [6.07, 6.45) is 3.66. The van der Waals surface area contributed by atoms with Crippen molar-refractivity contribution in [3.63, 3.8) is 0 Å². The van der Waals surface area contributed by atoms with Gasteiger partial charge in [-0.05, 0) is 37.1 Å². The largest absolute Gasteiger partial charge is 0.342 e. The Morgan fingerprint density at radius 3 is 2.32 bits per heavy atom. The second kappa shape index (κ2) is 10.5. The first-order chi connectivity index (χ1) is 16.8. The van der Waals surface area contributed by atoms with Gasteiger partial charge < -0.3 is 4.98 Å². The lowest BCUT2D eigenvalue weighted by Gasteiger charge is -2.10. The zero-order chi connectivity index (χ0) is 23.2. The van der Waals surface area contributed by atoms with Gasteiger partial charge in [0.05, 0.1) is 16.8 Å². The number of aromatic nitrogens is 5.